The Hall–Kier alpha value is -0.610. The van der Waals surface area contributed by atoms with E-state index in [2.05, 4.69) is 10.6 Å². The fourth-order valence-electron chi connectivity index (χ4n) is 2.24. The number of ether oxygens (including phenoxy) is 1. The van der Waals surface area contributed by atoms with Crippen molar-refractivity contribution in [1.82, 2.24) is 10.6 Å². The van der Waals surface area contributed by atoms with Gasteiger partial charge in [-0.2, -0.15) is 0 Å². The van der Waals surface area contributed by atoms with Gasteiger partial charge in [-0.3, -0.25) is 4.79 Å². The summed E-state index contributed by atoms with van der Waals surface area (Å²) in [4.78, 5) is 11.5. The summed E-state index contributed by atoms with van der Waals surface area (Å²) in [6.45, 7) is 6.25. The third-order valence-corrected chi connectivity index (χ3v) is 3.12. The van der Waals surface area contributed by atoms with Crippen molar-refractivity contribution in [2.75, 3.05) is 19.7 Å². The van der Waals surface area contributed by atoms with Crippen molar-refractivity contribution in [3.8, 4) is 0 Å². The van der Waals surface area contributed by atoms with Gasteiger partial charge in [-0.05, 0) is 26.3 Å². The lowest BCUT2D eigenvalue weighted by atomic mass is 10.2. The predicted molar refractivity (Wildman–Crippen MR) is 69.0 cm³/mol. The summed E-state index contributed by atoms with van der Waals surface area (Å²) in [6.07, 6.45) is 5.93. The van der Waals surface area contributed by atoms with Crippen molar-refractivity contribution < 1.29 is 9.53 Å². The number of carbonyl (C=O) groups is 1. The molecule has 0 radical (unpaired) electrons. The maximum absolute atomic E-state index is 11.5. The van der Waals surface area contributed by atoms with Crippen molar-refractivity contribution in [2.45, 2.75) is 58.1 Å². The highest BCUT2D eigenvalue weighted by Crippen LogP contribution is 2.20. The predicted octanol–water partition coefficient (Wildman–Crippen LogP) is 1.45. The van der Waals surface area contributed by atoms with Crippen LogP contribution in [0.2, 0.25) is 0 Å². The van der Waals surface area contributed by atoms with Gasteiger partial charge in [-0.1, -0.05) is 19.8 Å². The Morgan fingerprint density at radius 1 is 1.41 bits per heavy atom. The van der Waals surface area contributed by atoms with E-state index in [0.717, 1.165) is 6.54 Å². The quantitative estimate of drug-likeness (QED) is 0.633. The molecule has 0 aromatic rings. The van der Waals surface area contributed by atoms with Crippen molar-refractivity contribution >= 4 is 5.91 Å². The summed E-state index contributed by atoms with van der Waals surface area (Å²) in [5.74, 6) is 0.105. The summed E-state index contributed by atoms with van der Waals surface area (Å²) < 4.78 is 5.68. The molecule has 0 saturated heterocycles. The van der Waals surface area contributed by atoms with E-state index in [4.69, 9.17) is 4.74 Å². The lowest BCUT2D eigenvalue weighted by Crippen LogP contribution is -2.35. The topological polar surface area (TPSA) is 50.4 Å². The van der Waals surface area contributed by atoms with Crippen LogP contribution in [0, 0.1) is 0 Å². The number of hydrogen-bond acceptors (Lipinski definition) is 3. The Bertz CT molecular complexity index is 215. The highest BCUT2D eigenvalue weighted by molar-refractivity contribution is 5.76. The fourth-order valence-corrected chi connectivity index (χ4v) is 2.24. The molecule has 0 bridgehead atoms. The van der Waals surface area contributed by atoms with E-state index >= 15 is 0 Å². The number of hydrogen-bond donors (Lipinski definition) is 2. The van der Waals surface area contributed by atoms with E-state index in [9.17, 15) is 4.79 Å². The van der Waals surface area contributed by atoms with Crippen LogP contribution >= 0.6 is 0 Å². The van der Waals surface area contributed by atoms with E-state index in [1.807, 2.05) is 13.8 Å². The molecule has 1 amide bonds. The summed E-state index contributed by atoms with van der Waals surface area (Å²) in [5.41, 5.74) is 0. The third-order valence-electron chi connectivity index (χ3n) is 3.12. The van der Waals surface area contributed by atoms with Crippen molar-refractivity contribution in [2.24, 2.45) is 0 Å². The first-order valence-electron chi connectivity index (χ1n) is 6.84. The molecular formula is C13H26N2O2. The lowest BCUT2D eigenvalue weighted by molar-refractivity contribution is -0.121. The monoisotopic (exact) mass is 242 g/mol. The van der Waals surface area contributed by atoms with Crippen LogP contribution in [-0.2, 0) is 9.53 Å². The molecule has 100 valence electrons. The Balaban J connectivity index is 1.95. The maximum atomic E-state index is 11.5. The van der Waals surface area contributed by atoms with Gasteiger partial charge >= 0.3 is 0 Å². The van der Waals surface area contributed by atoms with Crippen LogP contribution in [-0.4, -0.2) is 37.7 Å². The van der Waals surface area contributed by atoms with E-state index < -0.39 is 0 Å². The second-order valence-electron chi connectivity index (χ2n) is 4.79. The van der Waals surface area contributed by atoms with Gasteiger partial charge in [0, 0.05) is 19.0 Å². The van der Waals surface area contributed by atoms with Crippen LogP contribution in [0.4, 0.5) is 0 Å². The normalized spacial score (nSPS) is 18.2. The SMILES string of the molecule is CCNC(C)CC(=O)NCCOC1CCCC1. The number of carbonyl (C=O) groups excluding carboxylic acids is 1. The third kappa shape index (κ3) is 6.64. The smallest absolute Gasteiger partial charge is 0.221 e. The Morgan fingerprint density at radius 2 is 2.12 bits per heavy atom. The van der Waals surface area contributed by atoms with E-state index in [1.54, 1.807) is 0 Å². The van der Waals surface area contributed by atoms with E-state index in [1.165, 1.54) is 25.7 Å². The van der Waals surface area contributed by atoms with Gasteiger partial charge in [0.25, 0.3) is 0 Å². The zero-order valence-electron chi connectivity index (χ0n) is 11.1. The molecule has 0 aromatic heterocycles. The second-order valence-corrected chi connectivity index (χ2v) is 4.79. The molecular weight excluding hydrogens is 216 g/mol. The number of amides is 1. The van der Waals surface area contributed by atoms with Gasteiger partial charge in [-0.15, -0.1) is 0 Å². The molecule has 4 heteroatoms. The van der Waals surface area contributed by atoms with Crippen molar-refractivity contribution in [3.63, 3.8) is 0 Å². The number of rotatable bonds is 8. The average Bonchev–Trinajstić information content (AvgIpc) is 2.77. The van der Waals surface area contributed by atoms with Crippen molar-refractivity contribution in [1.29, 1.82) is 0 Å². The molecule has 1 rings (SSSR count). The Kier molecular flexibility index (Phi) is 7.21. The highest BCUT2D eigenvalue weighted by Gasteiger charge is 2.14. The molecule has 0 aliphatic heterocycles. The Labute approximate surface area is 104 Å². The molecule has 0 heterocycles. The van der Waals surface area contributed by atoms with Crippen LogP contribution in [0.5, 0.6) is 0 Å². The minimum Gasteiger partial charge on any atom is -0.376 e. The molecule has 1 atom stereocenters. The maximum Gasteiger partial charge on any atom is 0.221 e. The summed E-state index contributed by atoms with van der Waals surface area (Å²) in [6, 6.07) is 0.246. The minimum atomic E-state index is 0.105. The molecule has 1 saturated carbocycles. The second kappa shape index (κ2) is 8.48. The first-order valence-corrected chi connectivity index (χ1v) is 6.84. The highest BCUT2D eigenvalue weighted by atomic mass is 16.5. The van der Waals surface area contributed by atoms with Gasteiger partial charge in [-0.25, -0.2) is 0 Å². The molecule has 0 aromatic carbocycles. The molecule has 1 fully saturated rings. The van der Waals surface area contributed by atoms with Crippen LogP contribution in [0.1, 0.15) is 46.0 Å². The van der Waals surface area contributed by atoms with Gasteiger partial charge in [0.05, 0.1) is 12.7 Å². The Morgan fingerprint density at radius 3 is 2.76 bits per heavy atom. The molecule has 1 unspecified atom stereocenters. The molecule has 1 aliphatic carbocycles. The zero-order chi connectivity index (χ0) is 12.5. The standard InChI is InChI=1S/C13H26N2O2/c1-3-14-11(2)10-13(16)15-8-9-17-12-6-4-5-7-12/h11-12,14H,3-10H2,1-2H3,(H,15,16). The molecule has 0 spiro atoms. The molecule has 2 N–H and O–H groups in total. The fraction of sp³-hybridized carbons (Fsp3) is 0.923. The minimum absolute atomic E-state index is 0.105. The number of nitrogens with one attached hydrogen (secondary N) is 2. The van der Waals surface area contributed by atoms with E-state index in [-0.39, 0.29) is 11.9 Å². The molecule has 4 nitrogen and oxygen atoms in total. The van der Waals surface area contributed by atoms with Gasteiger partial charge < -0.3 is 15.4 Å². The van der Waals surface area contributed by atoms with Crippen LogP contribution in [0.3, 0.4) is 0 Å². The van der Waals surface area contributed by atoms with Gasteiger partial charge in [0.2, 0.25) is 5.91 Å². The largest absolute Gasteiger partial charge is 0.376 e. The summed E-state index contributed by atoms with van der Waals surface area (Å²) >= 11 is 0. The molecule has 1 aliphatic rings. The summed E-state index contributed by atoms with van der Waals surface area (Å²) in [7, 11) is 0. The van der Waals surface area contributed by atoms with Crippen molar-refractivity contribution in [3.05, 3.63) is 0 Å². The average molecular weight is 242 g/mol. The van der Waals surface area contributed by atoms with Crippen LogP contribution < -0.4 is 10.6 Å². The lowest BCUT2D eigenvalue weighted by Gasteiger charge is -2.13. The first-order chi connectivity index (χ1) is 8.22. The first kappa shape index (κ1) is 14.5. The van der Waals surface area contributed by atoms with Crippen LogP contribution in [0.25, 0.3) is 0 Å². The summed E-state index contributed by atoms with van der Waals surface area (Å²) in [5, 5.41) is 6.11. The zero-order valence-corrected chi connectivity index (χ0v) is 11.1. The molecule has 17 heavy (non-hydrogen) atoms. The van der Waals surface area contributed by atoms with Gasteiger partial charge in [0.15, 0.2) is 0 Å². The van der Waals surface area contributed by atoms with E-state index in [0.29, 0.717) is 25.7 Å². The van der Waals surface area contributed by atoms with Crippen LogP contribution in [0.15, 0.2) is 0 Å². The van der Waals surface area contributed by atoms with Gasteiger partial charge in [0.1, 0.15) is 0 Å².